The zero-order chi connectivity index (χ0) is 12.3. The summed E-state index contributed by atoms with van der Waals surface area (Å²) in [5.41, 5.74) is -0.355. The summed E-state index contributed by atoms with van der Waals surface area (Å²) in [7, 11) is 0. The van der Waals surface area contributed by atoms with E-state index >= 15 is 0 Å². The van der Waals surface area contributed by atoms with Crippen LogP contribution in [0.1, 0.15) is 19.4 Å². The van der Waals surface area contributed by atoms with Crippen LogP contribution >= 0.6 is 15.9 Å². The highest BCUT2D eigenvalue weighted by Crippen LogP contribution is 2.38. The molecule has 0 unspecified atom stereocenters. The van der Waals surface area contributed by atoms with Gasteiger partial charge in [-0.1, -0.05) is 15.9 Å². The molecule has 0 aliphatic rings. The Morgan fingerprint density at radius 2 is 1.75 bits per heavy atom. The molecule has 5 heteroatoms. The second-order valence-electron chi connectivity index (χ2n) is 3.33. The van der Waals surface area contributed by atoms with Crippen LogP contribution in [0.15, 0.2) is 22.7 Å². The predicted molar refractivity (Wildman–Crippen MR) is 62.7 cm³/mol. The third-order valence-electron chi connectivity index (χ3n) is 2.37. The first-order chi connectivity index (χ1) is 7.40. The number of nitrogens with zero attached hydrogens (tertiary/aromatic N) is 1. The summed E-state index contributed by atoms with van der Waals surface area (Å²) >= 11 is 3.06. The minimum Gasteiger partial charge on any atom is -0.372 e. The number of hydrogen-bond acceptors (Lipinski definition) is 1. The van der Waals surface area contributed by atoms with Gasteiger partial charge in [-0.15, -0.1) is 0 Å². The quantitative estimate of drug-likeness (QED) is 0.803. The first kappa shape index (κ1) is 13.4. The smallest absolute Gasteiger partial charge is 0.372 e. The Morgan fingerprint density at radius 1 is 1.19 bits per heavy atom. The van der Waals surface area contributed by atoms with E-state index < -0.39 is 11.7 Å². The second kappa shape index (κ2) is 5.08. The standard InChI is InChI=1S/C11H13BrF3N/c1-3-16(4-2)10-6-5-8(12)7-9(10)11(13,14)15/h5-7H,3-4H2,1-2H3. The highest BCUT2D eigenvalue weighted by molar-refractivity contribution is 9.10. The molecule has 0 spiro atoms. The van der Waals surface area contributed by atoms with E-state index in [1.807, 2.05) is 13.8 Å². The van der Waals surface area contributed by atoms with Gasteiger partial charge < -0.3 is 4.90 Å². The molecule has 0 N–H and O–H groups in total. The molecule has 16 heavy (non-hydrogen) atoms. The van der Waals surface area contributed by atoms with Crippen molar-refractivity contribution < 1.29 is 13.2 Å². The lowest BCUT2D eigenvalue weighted by molar-refractivity contribution is -0.137. The Kier molecular flexibility index (Phi) is 4.24. The molecule has 0 heterocycles. The molecule has 0 aromatic heterocycles. The van der Waals surface area contributed by atoms with Crippen molar-refractivity contribution in [2.75, 3.05) is 18.0 Å². The summed E-state index contributed by atoms with van der Waals surface area (Å²) in [5.74, 6) is 0. The van der Waals surface area contributed by atoms with Crippen molar-refractivity contribution >= 4 is 21.6 Å². The van der Waals surface area contributed by atoms with Gasteiger partial charge in [0.2, 0.25) is 0 Å². The Labute approximate surface area is 101 Å². The van der Waals surface area contributed by atoms with E-state index in [0.29, 0.717) is 17.6 Å². The molecule has 1 nitrogen and oxygen atoms in total. The number of halogens is 4. The lowest BCUT2D eigenvalue weighted by atomic mass is 10.1. The Balaban J connectivity index is 3.27. The van der Waals surface area contributed by atoms with Crippen LogP contribution in [0.5, 0.6) is 0 Å². The third kappa shape index (κ3) is 2.90. The van der Waals surface area contributed by atoms with Crippen LogP contribution in [-0.4, -0.2) is 13.1 Å². The molecule has 0 bridgehead atoms. The van der Waals surface area contributed by atoms with Gasteiger partial charge in [-0.2, -0.15) is 13.2 Å². The molecule has 0 saturated carbocycles. The molecule has 0 aliphatic carbocycles. The second-order valence-corrected chi connectivity index (χ2v) is 4.25. The van der Waals surface area contributed by atoms with Crippen molar-refractivity contribution in [3.8, 4) is 0 Å². The number of benzene rings is 1. The highest BCUT2D eigenvalue weighted by Gasteiger charge is 2.34. The van der Waals surface area contributed by atoms with E-state index in [4.69, 9.17) is 0 Å². The fraction of sp³-hybridized carbons (Fsp3) is 0.455. The van der Waals surface area contributed by atoms with Crippen molar-refractivity contribution in [2.24, 2.45) is 0 Å². The van der Waals surface area contributed by atoms with E-state index in [1.165, 1.54) is 6.07 Å². The topological polar surface area (TPSA) is 3.24 Å². The molecular weight excluding hydrogens is 283 g/mol. The molecule has 0 radical (unpaired) electrons. The molecule has 0 saturated heterocycles. The Hall–Kier alpha value is -0.710. The zero-order valence-electron chi connectivity index (χ0n) is 9.11. The number of hydrogen-bond donors (Lipinski definition) is 0. The average molecular weight is 296 g/mol. The first-order valence-electron chi connectivity index (χ1n) is 5.01. The molecule has 90 valence electrons. The minimum absolute atomic E-state index is 0.237. The fourth-order valence-corrected chi connectivity index (χ4v) is 1.94. The lowest BCUT2D eigenvalue weighted by Gasteiger charge is -2.25. The Morgan fingerprint density at radius 3 is 2.19 bits per heavy atom. The van der Waals surface area contributed by atoms with E-state index in [-0.39, 0.29) is 5.69 Å². The van der Waals surface area contributed by atoms with Gasteiger partial charge in [0.05, 0.1) is 5.56 Å². The van der Waals surface area contributed by atoms with E-state index in [2.05, 4.69) is 15.9 Å². The number of anilines is 1. The average Bonchev–Trinajstić information content (AvgIpc) is 2.20. The summed E-state index contributed by atoms with van der Waals surface area (Å²) < 4.78 is 38.9. The molecule has 0 amide bonds. The molecule has 1 aromatic carbocycles. The van der Waals surface area contributed by atoms with Crippen LogP contribution in [0.2, 0.25) is 0 Å². The largest absolute Gasteiger partial charge is 0.418 e. The molecule has 0 atom stereocenters. The monoisotopic (exact) mass is 295 g/mol. The summed E-state index contributed by atoms with van der Waals surface area (Å²) in [5, 5.41) is 0. The Bertz CT molecular complexity index is 359. The predicted octanol–water partition coefficient (Wildman–Crippen LogP) is 4.31. The van der Waals surface area contributed by atoms with Gasteiger partial charge in [0, 0.05) is 23.2 Å². The summed E-state index contributed by atoms with van der Waals surface area (Å²) in [4.78, 5) is 1.69. The fourth-order valence-electron chi connectivity index (χ4n) is 1.58. The van der Waals surface area contributed by atoms with E-state index in [9.17, 15) is 13.2 Å². The lowest BCUT2D eigenvalue weighted by Crippen LogP contribution is -2.25. The maximum absolute atomic E-state index is 12.8. The molecule has 0 aliphatic heterocycles. The molecule has 1 aromatic rings. The first-order valence-corrected chi connectivity index (χ1v) is 5.81. The van der Waals surface area contributed by atoms with Gasteiger partial charge in [-0.05, 0) is 32.0 Å². The van der Waals surface area contributed by atoms with Crippen molar-refractivity contribution in [2.45, 2.75) is 20.0 Å². The van der Waals surface area contributed by atoms with Crippen LogP contribution in [0.3, 0.4) is 0 Å². The van der Waals surface area contributed by atoms with Gasteiger partial charge in [0.25, 0.3) is 0 Å². The van der Waals surface area contributed by atoms with Gasteiger partial charge in [-0.3, -0.25) is 0 Å². The van der Waals surface area contributed by atoms with E-state index in [1.54, 1.807) is 11.0 Å². The van der Waals surface area contributed by atoms with Crippen molar-refractivity contribution in [1.82, 2.24) is 0 Å². The van der Waals surface area contributed by atoms with Gasteiger partial charge in [-0.25, -0.2) is 0 Å². The zero-order valence-corrected chi connectivity index (χ0v) is 10.7. The molecule has 0 fully saturated rings. The van der Waals surface area contributed by atoms with Crippen molar-refractivity contribution in [3.63, 3.8) is 0 Å². The van der Waals surface area contributed by atoms with E-state index in [0.717, 1.165) is 6.07 Å². The summed E-state index contributed by atoms with van der Waals surface area (Å²) in [6, 6.07) is 4.25. The van der Waals surface area contributed by atoms with Crippen LogP contribution in [-0.2, 0) is 6.18 Å². The summed E-state index contributed by atoms with van der Waals surface area (Å²) in [6.07, 6.45) is -4.32. The van der Waals surface area contributed by atoms with Crippen molar-refractivity contribution in [3.05, 3.63) is 28.2 Å². The minimum atomic E-state index is -4.32. The highest BCUT2D eigenvalue weighted by atomic mass is 79.9. The van der Waals surface area contributed by atoms with Crippen LogP contribution in [0.25, 0.3) is 0 Å². The normalized spacial score (nSPS) is 11.6. The van der Waals surface area contributed by atoms with Gasteiger partial charge in [0.15, 0.2) is 0 Å². The SMILES string of the molecule is CCN(CC)c1ccc(Br)cc1C(F)(F)F. The number of alkyl halides is 3. The number of rotatable bonds is 3. The van der Waals surface area contributed by atoms with Gasteiger partial charge in [0.1, 0.15) is 0 Å². The molecule has 1 rings (SSSR count). The summed E-state index contributed by atoms with van der Waals surface area (Å²) in [6.45, 7) is 4.79. The van der Waals surface area contributed by atoms with Crippen LogP contribution < -0.4 is 4.90 Å². The maximum atomic E-state index is 12.8. The van der Waals surface area contributed by atoms with Crippen molar-refractivity contribution in [1.29, 1.82) is 0 Å². The van der Waals surface area contributed by atoms with Gasteiger partial charge >= 0.3 is 6.18 Å². The third-order valence-corrected chi connectivity index (χ3v) is 2.86. The van der Waals surface area contributed by atoms with Crippen LogP contribution in [0.4, 0.5) is 18.9 Å². The van der Waals surface area contributed by atoms with Crippen LogP contribution in [0, 0.1) is 0 Å². The maximum Gasteiger partial charge on any atom is 0.418 e. The molecular formula is C11H13BrF3N.